The molecule has 0 heterocycles. The fraction of sp³-hybridized carbons (Fsp3) is 1.00. The van der Waals surface area contributed by atoms with Gasteiger partial charge in [0.15, 0.2) is 0 Å². The van der Waals surface area contributed by atoms with E-state index >= 15 is 0 Å². The van der Waals surface area contributed by atoms with Crippen LogP contribution >= 0.6 is 0 Å². The molecule has 102 valence electrons. The minimum absolute atomic E-state index is 0.341. The van der Waals surface area contributed by atoms with Gasteiger partial charge in [0.1, 0.15) is 0 Å². The zero-order valence-corrected chi connectivity index (χ0v) is 12.3. The Bertz CT molecular complexity index is 220. The molecule has 1 saturated carbocycles. The average Bonchev–Trinajstić information content (AvgIpc) is 2.30. The van der Waals surface area contributed by atoms with Gasteiger partial charge < -0.3 is 15.0 Å². The molecule has 3 nitrogen and oxygen atoms in total. The molecule has 3 atom stereocenters. The van der Waals surface area contributed by atoms with Crippen molar-refractivity contribution in [3.8, 4) is 0 Å². The van der Waals surface area contributed by atoms with Crippen LogP contribution < -0.4 is 5.32 Å². The van der Waals surface area contributed by atoms with Crippen molar-refractivity contribution in [2.75, 3.05) is 33.8 Å². The van der Waals surface area contributed by atoms with Crippen molar-refractivity contribution < 1.29 is 4.74 Å². The van der Waals surface area contributed by atoms with Crippen LogP contribution in [0.5, 0.6) is 0 Å². The SMILES string of the molecule is CCOC1CC(NCCCN(C)C)C1(C)CC. The van der Waals surface area contributed by atoms with Crippen LogP contribution in [0.25, 0.3) is 0 Å². The smallest absolute Gasteiger partial charge is 0.0658 e. The quantitative estimate of drug-likeness (QED) is 0.660. The zero-order valence-electron chi connectivity index (χ0n) is 12.3. The molecular formula is C14H30N2O. The van der Waals surface area contributed by atoms with E-state index in [1.165, 1.54) is 19.3 Å². The lowest BCUT2D eigenvalue weighted by Crippen LogP contribution is -2.62. The Morgan fingerprint density at radius 2 is 2.06 bits per heavy atom. The van der Waals surface area contributed by atoms with Crippen LogP contribution in [0.1, 0.15) is 40.0 Å². The first kappa shape index (κ1) is 14.9. The first-order chi connectivity index (χ1) is 8.04. The second-order valence-electron chi connectivity index (χ2n) is 5.70. The van der Waals surface area contributed by atoms with E-state index in [2.05, 4.69) is 45.1 Å². The summed E-state index contributed by atoms with van der Waals surface area (Å²) in [6.45, 7) is 9.86. The first-order valence-corrected chi connectivity index (χ1v) is 7.04. The Kier molecular flexibility index (Phi) is 5.90. The summed E-state index contributed by atoms with van der Waals surface area (Å²) in [7, 11) is 4.26. The standard InChI is InChI=1S/C14H30N2O/c1-6-14(3)12(11-13(14)17-7-2)15-9-8-10-16(4)5/h12-13,15H,6-11H2,1-5H3. The van der Waals surface area contributed by atoms with Crippen molar-refractivity contribution in [3.63, 3.8) is 0 Å². The van der Waals surface area contributed by atoms with Gasteiger partial charge in [0.05, 0.1) is 6.10 Å². The summed E-state index contributed by atoms with van der Waals surface area (Å²) >= 11 is 0. The predicted octanol–water partition coefficient (Wildman–Crippen LogP) is 2.12. The average molecular weight is 242 g/mol. The Morgan fingerprint density at radius 3 is 2.59 bits per heavy atom. The van der Waals surface area contributed by atoms with Crippen LogP contribution in [0.2, 0.25) is 0 Å². The summed E-state index contributed by atoms with van der Waals surface area (Å²) in [6, 6.07) is 0.645. The molecule has 17 heavy (non-hydrogen) atoms. The Labute approximate surface area is 107 Å². The van der Waals surface area contributed by atoms with Crippen molar-refractivity contribution in [3.05, 3.63) is 0 Å². The molecular weight excluding hydrogens is 212 g/mol. The molecule has 0 aromatic heterocycles. The molecule has 0 bridgehead atoms. The van der Waals surface area contributed by atoms with E-state index in [4.69, 9.17) is 4.74 Å². The number of hydrogen-bond acceptors (Lipinski definition) is 3. The molecule has 0 amide bonds. The van der Waals surface area contributed by atoms with Crippen molar-refractivity contribution >= 4 is 0 Å². The highest BCUT2D eigenvalue weighted by Crippen LogP contribution is 2.45. The van der Waals surface area contributed by atoms with E-state index in [-0.39, 0.29) is 0 Å². The minimum atomic E-state index is 0.341. The second-order valence-corrected chi connectivity index (χ2v) is 5.70. The maximum absolute atomic E-state index is 5.81. The normalized spacial score (nSPS) is 32.8. The topological polar surface area (TPSA) is 24.5 Å². The van der Waals surface area contributed by atoms with Crippen molar-refractivity contribution in [2.45, 2.75) is 52.2 Å². The summed E-state index contributed by atoms with van der Waals surface area (Å²) in [5.74, 6) is 0. The summed E-state index contributed by atoms with van der Waals surface area (Å²) in [5.41, 5.74) is 0.341. The third kappa shape index (κ3) is 3.67. The Hall–Kier alpha value is -0.120. The van der Waals surface area contributed by atoms with E-state index in [1.54, 1.807) is 0 Å². The van der Waals surface area contributed by atoms with Gasteiger partial charge in [-0.1, -0.05) is 13.8 Å². The molecule has 1 aliphatic carbocycles. The number of ether oxygens (including phenoxy) is 1. The minimum Gasteiger partial charge on any atom is -0.378 e. The van der Waals surface area contributed by atoms with Gasteiger partial charge in [-0.2, -0.15) is 0 Å². The van der Waals surface area contributed by atoms with E-state index in [0.717, 1.165) is 19.7 Å². The van der Waals surface area contributed by atoms with Gasteiger partial charge in [0, 0.05) is 18.1 Å². The molecule has 0 radical (unpaired) electrons. The van der Waals surface area contributed by atoms with E-state index in [9.17, 15) is 0 Å². The van der Waals surface area contributed by atoms with Crippen LogP contribution in [0.4, 0.5) is 0 Å². The number of hydrogen-bond donors (Lipinski definition) is 1. The zero-order chi connectivity index (χ0) is 12.9. The second kappa shape index (κ2) is 6.72. The van der Waals surface area contributed by atoms with Crippen LogP contribution in [-0.2, 0) is 4.74 Å². The van der Waals surface area contributed by atoms with Gasteiger partial charge in [0.2, 0.25) is 0 Å². The summed E-state index contributed by atoms with van der Waals surface area (Å²) in [6.07, 6.45) is 4.06. The lowest BCUT2D eigenvalue weighted by Gasteiger charge is -2.53. The highest BCUT2D eigenvalue weighted by Gasteiger charge is 2.50. The van der Waals surface area contributed by atoms with Crippen LogP contribution in [0, 0.1) is 5.41 Å². The monoisotopic (exact) mass is 242 g/mol. The van der Waals surface area contributed by atoms with Gasteiger partial charge in [-0.3, -0.25) is 0 Å². The van der Waals surface area contributed by atoms with E-state index in [1.807, 2.05) is 0 Å². The molecule has 0 saturated heterocycles. The fourth-order valence-electron chi connectivity index (χ4n) is 2.74. The fourth-order valence-corrected chi connectivity index (χ4v) is 2.74. The predicted molar refractivity (Wildman–Crippen MR) is 73.4 cm³/mol. The van der Waals surface area contributed by atoms with Gasteiger partial charge in [-0.25, -0.2) is 0 Å². The van der Waals surface area contributed by atoms with Crippen molar-refractivity contribution in [1.82, 2.24) is 10.2 Å². The molecule has 1 N–H and O–H groups in total. The number of nitrogens with one attached hydrogen (secondary N) is 1. The van der Waals surface area contributed by atoms with Gasteiger partial charge in [-0.15, -0.1) is 0 Å². The number of rotatable bonds is 8. The van der Waals surface area contributed by atoms with Gasteiger partial charge >= 0.3 is 0 Å². The Morgan fingerprint density at radius 1 is 1.35 bits per heavy atom. The molecule has 0 spiro atoms. The third-order valence-electron chi connectivity index (χ3n) is 4.28. The number of nitrogens with zero attached hydrogens (tertiary/aromatic N) is 1. The lowest BCUT2D eigenvalue weighted by molar-refractivity contribution is -0.125. The maximum atomic E-state index is 5.81. The molecule has 0 aliphatic heterocycles. The highest BCUT2D eigenvalue weighted by atomic mass is 16.5. The molecule has 3 unspecified atom stereocenters. The van der Waals surface area contributed by atoms with E-state index in [0.29, 0.717) is 17.6 Å². The highest BCUT2D eigenvalue weighted by molar-refractivity contribution is 5.04. The van der Waals surface area contributed by atoms with Crippen molar-refractivity contribution in [1.29, 1.82) is 0 Å². The molecule has 1 fully saturated rings. The molecule has 0 aromatic carbocycles. The van der Waals surface area contributed by atoms with Crippen molar-refractivity contribution in [2.24, 2.45) is 5.41 Å². The maximum Gasteiger partial charge on any atom is 0.0658 e. The largest absolute Gasteiger partial charge is 0.378 e. The van der Waals surface area contributed by atoms with Gasteiger partial charge in [-0.05, 0) is 53.4 Å². The Balaban J connectivity index is 2.26. The summed E-state index contributed by atoms with van der Waals surface area (Å²) < 4.78 is 5.81. The first-order valence-electron chi connectivity index (χ1n) is 7.04. The van der Waals surface area contributed by atoms with Crippen LogP contribution in [-0.4, -0.2) is 50.8 Å². The lowest BCUT2D eigenvalue weighted by atomic mass is 9.61. The molecule has 0 aromatic rings. The molecule has 1 rings (SSSR count). The van der Waals surface area contributed by atoms with Gasteiger partial charge in [0.25, 0.3) is 0 Å². The summed E-state index contributed by atoms with van der Waals surface area (Å²) in [5, 5.41) is 3.70. The third-order valence-corrected chi connectivity index (χ3v) is 4.28. The van der Waals surface area contributed by atoms with Crippen LogP contribution in [0.15, 0.2) is 0 Å². The molecule has 3 heteroatoms. The van der Waals surface area contributed by atoms with E-state index < -0.39 is 0 Å². The summed E-state index contributed by atoms with van der Waals surface area (Å²) in [4.78, 5) is 2.24. The van der Waals surface area contributed by atoms with Crippen LogP contribution in [0.3, 0.4) is 0 Å². The molecule has 1 aliphatic rings.